The second-order valence-electron chi connectivity index (χ2n) is 4.84. The number of carbonyl (C=O) groups is 2. The predicted octanol–water partition coefficient (Wildman–Crippen LogP) is 2.46. The summed E-state index contributed by atoms with van der Waals surface area (Å²) in [5.41, 5.74) is -1.40. The molecule has 1 aromatic rings. The molecule has 1 unspecified atom stereocenters. The van der Waals surface area contributed by atoms with Gasteiger partial charge in [-0.05, 0) is 37.8 Å². The van der Waals surface area contributed by atoms with Crippen LogP contribution in [0.25, 0.3) is 0 Å². The van der Waals surface area contributed by atoms with Gasteiger partial charge in [-0.15, -0.1) is 0 Å². The van der Waals surface area contributed by atoms with Crippen LogP contribution < -0.4 is 5.32 Å². The van der Waals surface area contributed by atoms with Crippen molar-refractivity contribution in [2.45, 2.75) is 25.3 Å². The summed E-state index contributed by atoms with van der Waals surface area (Å²) in [4.78, 5) is 23.3. The first-order valence-electron chi connectivity index (χ1n) is 5.86. The van der Waals surface area contributed by atoms with Crippen LogP contribution in [0, 0.1) is 11.7 Å². The Bertz CT molecular complexity index is 545. The maximum Gasteiger partial charge on any atom is 0.329 e. The number of hydrogen-bond acceptors (Lipinski definition) is 2. The van der Waals surface area contributed by atoms with Gasteiger partial charge in [-0.2, -0.15) is 0 Å². The van der Waals surface area contributed by atoms with Crippen LogP contribution in [0.3, 0.4) is 0 Å². The van der Waals surface area contributed by atoms with Crippen molar-refractivity contribution in [2.75, 3.05) is 0 Å². The Kier molecular flexibility index (Phi) is 3.49. The fourth-order valence-corrected chi connectivity index (χ4v) is 2.18. The zero-order chi connectivity index (χ0) is 14.2. The van der Waals surface area contributed by atoms with Gasteiger partial charge < -0.3 is 10.4 Å². The number of carboxylic acid groups (broad SMARTS) is 1. The number of amides is 1. The molecule has 0 spiro atoms. The predicted molar refractivity (Wildman–Crippen MR) is 67.6 cm³/mol. The molecule has 0 aromatic heterocycles. The molecule has 1 aliphatic carbocycles. The number of aliphatic carboxylic acids is 1. The van der Waals surface area contributed by atoms with E-state index < -0.39 is 23.2 Å². The molecule has 0 heterocycles. The van der Waals surface area contributed by atoms with Crippen LogP contribution in [0.2, 0.25) is 5.02 Å². The van der Waals surface area contributed by atoms with Crippen molar-refractivity contribution in [3.8, 4) is 0 Å². The molecule has 4 nitrogen and oxygen atoms in total. The highest BCUT2D eigenvalue weighted by Gasteiger charge is 2.48. The Hall–Kier alpha value is -1.62. The second kappa shape index (κ2) is 4.81. The van der Waals surface area contributed by atoms with Gasteiger partial charge in [0.2, 0.25) is 0 Å². The Morgan fingerprint density at radius 2 is 2.11 bits per heavy atom. The Morgan fingerprint density at radius 3 is 2.63 bits per heavy atom. The lowest BCUT2D eigenvalue weighted by molar-refractivity contribution is -0.144. The van der Waals surface area contributed by atoms with Gasteiger partial charge in [0.15, 0.2) is 0 Å². The SMILES string of the molecule is CC(NC(=O)c1cccc(F)c1Cl)(C(=O)O)C1CC1. The minimum atomic E-state index is -1.34. The van der Waals surface area contributed by atoms with Gasteiger partial charge in [0.05, 0.1) is 10.6 Å². The lowest BCUT2D eigenvalue weighted by Crippen LogP contribution is -2.54. The summed E-state index contributed by atoms with van der Waals surface area (Å²) in [5, 5.41) is 11.4. The lowest BCUT2D eigenvalue weighted by Gasteiger charge is -2.26. The van der Waals surface area contributed by atoms with Gasteiger partial charge in [-0.1, -0.05) is 17.7 Å². The van der Waals surface area contributed by atoms with Crippen molar-refractivity contribution in [1.29, 1.82) is 0 Å². The molecule has 6 heteroatoms. The molecule has 2 rings (SSSR count). The van der Waals surface area contributed by atoms with E-state index in [2.05, 4.69) is 5.32 Å². The summed E-state index contributed by atoms with van der Waals surface area (Å²) < 4.78 is 13.3. The van der Waals surface area contributed by atoms with E-state index in [1.807, 2.05) is 0 Å². The van der Waals surface area contributed by atoms with Crippen molar-refractivity contribution < 1.29 is 19.1 Å². The third kappa shape index (κ3) is 2.56. The van der Waals surface area contributed by atoms with Crippen molar-refractivity contribution >= 4 is 23.5 Å². The zero-order valence-electron chi connectivity index (χ0n) is 10.2. The van der Waals surface area contributed by atoms with E-state index in [1.165, 1.54) is 19.1 Å². The van der Waals surface area contributed by atoms with Gasteiger partial charge in [0, 0.05) is 0 Å². The fraction of sp³-hybridized carbons (Fsp3) is 0.385. The highest BCUT2D eigenvalue weighted by Crippen LogP contribution is 2.40. The van der Waals surface area contributed by atoms with E-state index in [9.17, 15) is 19.1 Å². The Labute approximate surface area is 114 Å². The number of carboxylic acids is 1. The molecule has 102 valence electrons. The van der Waals surface area contributed by atoms with E-state index in [0.29, 0.717) is 0 Å². The maximum atomic E-state index is 13.3. The van der Waals surface area contributed by atoms with Gasteiger partial charge >= 0.3 is 5.97 Å². The summed E-state index contributed by atoms with van der Waals surface area (Å²) in [6.07, 6.45) is 1.50. The molecular weight excluding hydrogens is 273 g/mol. The third-order valence-electron chi connectivity index (χ3n) is 3.41. The number of carbonyl (C=O) groups excluding carboxylic acids is 1. The summed E-state index contributed by atoms with van der Waals surface area (Å²) in [7, 11) is 0. The topological polar surface area (TPSA) is 66.4 Å². The van der Waals surface area contributed by atoms with Crippen LogP contribution in [0.5, 0.6) is 0 Å². The summed E-state index contributed by atoms with van der Waals surface area (Å²) in [6, 6.07) is 3.84. The average Bonchev–Trinajstić information content (AvgIpc) is 3.16. The summed E-state index contributed by atoms with van der Waals surface area (Å²) in [6.45, 7) is 1.46. The van der Waals surface area contributed by atoms with E-state index in [1.54, 1.807) is 0 Å². The van der Waals surface area contributed by atoms with Gasteiger partial charge in [-0.3, -0.25) is 4.79 Å². The minimum absolute atomic E-state index is 0.0604. The first-order chi connectivity index (χ1) is 8.86. The molecular formula is C13H13ClFNO3. The number of benzene rings is 1. The lowest BCUT2D eigenvalue weighted by atomic mass is 9.95. The van der Waals surface area contributed by atoms with Crippen LogP contribution >= 0.6 is 11.6 Å². The zero-order valence-corrected chi connectivity index (χ0v) is 11.0. The van der Waals surface area contributed by atoms with Crippen LogP contribution in [-0.4, -0.2) is 22.5 Å². The summed E-state index contributed by atoms with van der Waals surface area (Å²) in [5.74, 6) is -2.59. The largest absolute Gasteiger partial charge is 0.480 e. The normalized spacial score (nSPS) is 17.6. The maximum absolute atomic E-state index is 13.3. The summed E-state index contributed by atoms with van der Waals surface area (Å²) >= 11 is 5.71. The Balaban J connectivity index is 2.25. The highest BCUT2D eigenvalue weighted by molar-refractivity contribution is 6.34. The van der Waals surface area contributed by atoms with E-state index in [4.69, 9.17) is 11.6 Å². The van der Waals surface area contributed by atoms with E-state index in [0.717, 1.165) is 18.9 Å². The first-order valence-corrected chi connectivity index (χ1v) is 6.24. The van der Waals surface area contributed by atoms with Crippen LogP contribution in [0.1, 0.15) is 30.1 Å². The van der Waals surface area contributed by atoms with E-state index in [-0.39, 0.29) is 16.5 Å². The molecule has 1 amide bonds. The third-order valence-corrected chi connectivity index (χ3v) is 3.79. The molecule has 1 saturated carbocycles. The van der Waals surface area contributed by atoms with E-state index >= 15 is 0 Å². The molecule has 1 atom stereocenters. The van der Waals surface area contributed by atoms with Crippen molar-refractivity contribution in [1.82, 2.24) is 5.32 Å². The molecule has 19 heavy (non-hydrogen) atoms. The smallest absolute Gasteiger partial charge is 0.329 e. The number of nitrogens with one attached hydrogen (secondary N) is 1. The van der Waals surface area contributed by atoms with Crippen molar-refractivity contribution in [3.63, 3.8) is 0 Å². The van der Waals surface area contributed by atoms with Gasteiger partial charge in [0.25, 0.3) is 5.91 Å². The Morgan fingerprint density at radius 1 is 1.47 bits per heavy atom. The van der Waals surface area contributed by atoms with Crippen LogP contribution in [0.4, 0.5) is 4.39 Å². The standard InChI is InChI=1S/C13H13ClFNO3/c1-13(12(18)19,7-5-6-7)16-11(17)8-3-2-4-9(15)10(8)14/h2-4,7H,5-6H2,1H3,(H,16,17)(H,18,19). The van der Waals surface area contributed by atoms with Gasteiger partial charge in [-0.25, -0.2) is 9.18 Å². The number of rotatable bonds is 4. The molecule has 0 saturated heterocycles. The average molecular weight is 286 g/mol. The molecule has 1 aliphatic rings. The van der Waals surface area contributed by atoms with Crippen LogP contribution in [-0.2, 0) is 4.79 Å². The molecule has 0 aliphatic heterocycles. The molecule has 0 bridgehead atoms. The molecule has 2 N–H and O–H groups in total. The molecule has 0 radical (unpaired) electrons. The van der Waals surface area contributed by atoms with Gasteiger partial charge in [0.1, 0.15) is 11.4 Å². The number of halogens is 2. The number of hydrogen-bond donors (Lipinski definition) is 2. The highest BCUT2D eigenvalue weighted by atomic mass is 35.5. The fourth-order valence-electron chi connectivity index (χ4n) is 1.97. The first kappa shape index (κ1) is 13.8. The second-order valence-corrected chi connectivity index (χ2v) is 5.22. The molecule has 1 aromatic carbocycles. The van der Waals surface area contributed by atoms with Crippen LogP contribution in [0.15, 0.2) is 18.2 Å². The monoisotopic (exact) mass is 285 g/mol. The quantitative estimate of drug-likeness (QED) is 0.893. The van der Waals surface area contributed by atoms with Crippen molar-refractivity contribution in [3.05, 3.63) is 34.6 Å². The minimum Gasteiger partial charge on any atom is -0.480 e. The van der Waals surface area contributed by atoms with Crippen molar-refractivity contribution in [2.24, 2.45) is 5.92 Å². The molecule has 1 fully saturated rings.